The van der Waals surface area contributed by atoms with E-state index in [0.29, 0.717) is 34.4 Å². The number of amides is 2. The van der Waals surface area contributed by atoms with Crippen LogP contribution >= 0.6 is 11.8 Å². The van der Waals surface area contributed by atoms with Gasteiger partial charge < -0.3 is 20.1 Å². The van der Waals surface area contributed by atoms with E-state index >= 15 is 0 Å². The van der Waals surface area contributed by atoms with Gasteiger partial charge in [0.25, 0.3) is 0 Å². The number of carbonyl (C=O) groups is 2. The van der Waals surface area contributed by atoms with Gasteiger partial charge in [-0.25, -0.2) is 0 Å². The van der Waals surface area contributed by atoms with Crippen LogP contribution in [0.3, 0.4) is 0 Å². The maximum absolute atomic E-state index is 12.4. The Labute approximate surface area is 214 Å². The number of nitriles is 1. The number of rotatable bonds is 9. The van der Waals surface area contributed by atoms with Crippen molar-refractivity contribution in [2.45, 2.75) is 18.9 Å². The van der Waals surface area contributed by atoms with Crippen molar-refractivity contribution >= 4 is 29.3 Å². The van der Waals surface area contributed by atoms with Crippen LogP contribution in [0, 0.1) is 11.3 Å². The van der Waals surface area contributed by atoms with Gasteiger partial charge in [-0.15, -0.1) is 0 Å². The third kappa shape index (κ3) is 6.46. The first-order valence-corrected chi connectivity index (χ1v) is 12.3. The Bertz CT molecular complexity index is 1280. The highest BCUT2D eigenvalue weighted by Gasteiger charge is 2.30. The van der Waals surface area contributed by atoms with Crippen LogP contribution in [0.4, 0.5) is 5.69 Å². The van der Waals surface area contributed by atoms with Crippen molar-refractivity contribution in [2.75, 3.05) is 18.2 Å². The van der Waals surface area contributed by atoms with Crippen molar-refractivity contribution in [1.82, 2.24) is 5.32 Å². The topological polar surface area (TPSA) is 100 Å². The number of allylic oxidation sites excluding steroid dienone is 1. The van der Waals surface area contributed by atoms with E-state index in [1.165, 1.54) is 0 Å². The number of thioether (sulfide) groups is 1. The van der Waals surface area contributed by atoms with Gasteiger partial charge in [-0.1, -0.05) is 54.2 Å². The van der Waals surface area contributed by atoms with Crippen LogP contribution in [0.15, 0.2) is 89.5 Å². The Kier molecular flexibility index (Phi) is 8.27. The lowest BCUT2D eigenvalue weighted by Gasteiger charge is -2.25. The van der Waals surface area contributed by atoms with Crippen molar-refractivity contribution in [2.24, 2.45) is 0 Å². The number of benzene rings is 3. The first-order chi connectivity index (χ1) is 17.6. The molecule has 7 nitrogen and oxygen atoms in total. The quantitative estimate of drug-likeness (QED) is 0.431. The molecule has 0 saturated heterocycles. The normalized spacial score (nSPS) is 15.0. The number of hydrogen-bond donors (Lipinski definition) is 2. The number of anilines is 1. The van der Waals surface area contributed by atoms with Crippen molar-refractivity contribution in [3.05, 3.63) is 101 Å². The molecular formula is C28H25N3O4S. The Balaban J connectivity index is 1.41. The molecule has 182 valence electrons. The second kappa shape index (κ2) is 12.0. The molecule has 3 aromatic carbocycles. The third-order valence-electron chi connectivity index (χ3n) is 5.61. The average Bonchev–Trinajstić information content (AvgIpc) is 2.91. The molecule has 8 heteroatoms. The van der Waals surface area contributed by atoms with E-state index in [9.17, 15) is 14.9 Å². The minimum atomic E-state index is -0.390. The van der Waals surface area contributed by atoms with E-state index in [4.69, 9.17) is 9.47 Å². The van der Waals surface area contributed by atoms with Gasteiger partial charge >= 0.3 is 0 Å². The standard InChI is InChI=1S/C28H25N3O4S/c1-34-22-13-9-21(10-14-22)30-27(33)18-36-28-25(16-29)24(15-26(32)31-28)20-7-11-23(12-8-20)35-17-19-5-3-2-4-6-19/h2-14,24H,15,17-18H2,1H3,(H,30,33)(H,31,32)/t24-/m1/s1. The molecule has 2 N–H and O–H groups in total. The van der Waals surface area contributed by atoms with E-state index in [-0.39, 0.29) is 29.9 Å². The predicted molar refractivity (Wildman–Crippen MR) is 139 cm³/mol. The summed E-state index contributed by atoms with van der Waals surface area (Å²) in [4.78, 5) is 24.9. The van der Waals surface area contributed by atoms with Crippen LogP contribution in [-0.2, 0) is 16.2 Å². The van der Waals surface area contributed by atoms with Gasteiger partial charge in [0, 0.05) is 18.0 Å². The van der Waals surface area contributed by atoms with Crippen molar-refractivity contribution in [3.63, 3.8) is 0 Å². The predicted octanol–water partition coefficient (Wildman–Crippen LogP) is 4.98. The average molecular weight is 500 g/mol. The van der Waals surface area contributed by atoms with E-state index in [2.05, 4.69) is 16.7 Å². The molecule has 0 aliphatic carbocycles. The lowest BCUT2D eigenvalue weighted by atomic mass is 9.87. The highest BCUT2D eigenvalue weighted by atomic mass is 32.2. The van der Waals surface area contributed by atoms with E-state index in [1.54, 1.807) is 31.4 Å². The van der Waals surface area contributed by atoms with Gasteiger partial charge in [-0.05, 0) is 47.5 Å². The van der Waals surface area contributed by atoms with Gasteiger partial charge in [-0.2, -0.15) is 5.26 Å². The summed E-state index contributed by atoms with van der Waals surface area (Å²) in [6.07, 6.45) is 0.162. The third-order valence-corrected chi connectivity index (χ3v) is 6.63. The molecule has 0 bridgehead atoms. The minimum absolute atomic E-state index is 0.0474. The van der Waals surface area contributed by atoms with Gasteiger partial charge in [0.15, 0.2) is 0 Å². The highest BCUT2D eigenvalue weighted by molar-refractivity contribution is 8.03. The maximum Gasteiger partial charge on any atom is 0.234 e. The van der Waals surface area contributed by atoms with Crippen LogP contribution in [0.2, 0.25) is 0 Å². The lowest BCUT2D eigenvalue weighted by Crippen LogP contribution is -2.31. The molecule has 0 saturated carbocycles. The number of ether oxygens (including phenoxy) is 2. The van der Waals surface area contributed by atoms with E-state index in [0.717, 1.165) is 22.9 Å². The SMILES string of the molecule is COc1ccc(NC(=O)CSC2=C(C#N)[C@@H](c3ccc(OCc4ccccc4)cc3)CC(=O)N2)cc1. The van der Waals surface area contributed by atoms with Crippen LogP contribution in [-0.4, -0.2) is 24.7 Å². The summed E-state index contributed by atoms with van der Waals surface area (Å²) in [5.74, 6) is 0.617. The Morgan fingerprint density at radius 1 is 1.06 bits per heavy atom. The molecule has 1 heterocycles. The minimum Gasteiger partial charge on any atom is -0.497 e. The van der Waals surface area contributed by atoms with Gasteiger partial charge in [0.05, 0.1) is 29.5 Å². The second-order valence-electron chi connectivity index (χ2n) is 8.07. The van der Waals surface area contributed by atoms with E-state index in [1.807, 2.05) is 54.6 Å². The lowest BCUT2D eigenvalue weighted by molar-refractivity contribution is -0.121. The number of methoxy groups -OCH3 is 1. The van der Waals surface area contributed by atoms with Gasteiger partial charge in [0.2, 0.25) is 11.8 Å². The summed E-state index contributed by atoms with van der Waals surface area (Å²) in [5.41, 5.74) is 2.98. The molecule has 1 aliphatic rings. The van der Waals surface area contributed by atoms with E-state index < -0.39 is 0 Å². The number of nitrogens with one attached hydrogen (secondary N) is 2. The summed E-state index contributed by atoms with van der Waals surface area (Å²) in [6, 6.07) is 26.5. The molecule has 0 radical (unpaired) electrons. The first-order valence-electron chi connectivity index (χ1n) is 11.3. The number of carbonyl (C=O) groups excluding carboxylic acids is 2. The Morgan fingerprint density at radius 2 is 1.75 bits per heavy atom. The number of hydrogen-bond acceptors (Lipinski definition) is 6. The molecule has 1 aliphatic heterocycles. The molecule has 0 unspecified atom stereocenters. The fraction of sp³-hybridized carbons (Fsp3) is 0.179. The molecule has 0 spiro atoms. The first kappa shape index (κ1) is 24.9. The largest absolute Gasteiger partial charge is 0.497 e. The van der Waals surface area contributed by atoms with Crippen molar-refractivity contribution in [3.8, 4) is 17.6 Å². The molecule has 3 aromatic rings. The van der Waals surface area contributed by atoms with Crippen LogP contribution < -0.4 is 20.1 Å². The van der Waals surface area contributed by atoms with Crippen LogP contribution in [0.1, 0.15) is 23.5 Å². The summed E-state index contributed by atoms with van der Waals surface area (Å²) < 4.78 is 11.0. The molecule has 0 fully saturated rings. The summed E-state index contributed by atoms with van der Waals surface area (Å²) in [6.45, 7) is 0.453. The maximum atomic E-state index is 12.4. The fourth-order valence-electron chi connectivity index (χ4n) is 3.76. The Hall–Kier alpha value is -4.22. The monoisotopic (exact) mass is 499 g/mol. The van der Waals surface area contributed by atoms with Crippen molar-refractivity contribution in [1.29, 1.82) is 5.26 Å². The zero-order valence-electron chi connectivity index (χ0n) is 19.7. The summed E-state index contributed by atoms with van der Waals surface area (Å²) in [5, 5.41) is 15.9. The Morgan fingerprint density at radius 3 is 2.42 bits per heavy atom. The summed E-state index contributed by atoms with van der Waals surface area (Å²) in [7, 11) is 1.57. The van der Waals surface area contributed by atoms with Gasteiger partial charge in [-0.3, -0.25) is 9.59 Å². The zero-order chi connectivity index (χ0) is 25.3. The molecule has 36 heavy (non-hydrogen) atoms. The molecule has 1 atom stereocenters. The number of nitrogens with zero attached hydrogens (tertiary/aromatic N) is 1. The smallest absolute Gasteiger partial charge is 0.234 e. The summed E-state index contributed by atoms with van der Waals surface area (Å²) >= 11 is 1.14. The molecular weight excluding hydrogens is 474 g/mol. The van der Waals surface area contributed by atoms with Crippen LogP contribution in [0.25, 0.3) is 0 Å². The van der Waals surface area contributed by atoms with Crippen LogP contribution in [0.5, 0.6) is 11.5 Å². The second-order valence-corrected chi connectivity index (χ2v) is 9.05. The fourth-order valence-corrected chi connectivity index (χ4v) is 4.64. The molecule has 2 amide bonds. The molecule has 0 aromatic heterocycles. The molecule has 4 rings (SSSR count). The highest BCUT2D eigenvalue weighted by Crippen LogP contribution is 2.36. The van der Waals surface area contributed by atoms with Crippen molar-refractivity contribution < 1.29 is 19.1 Å². The zero-order valence-corrected chi connectivity index (χ0v) is 20.5. The van der Waals surface area contributed by atoms with Gasteiger partial charge in [0.1, 0.15) is 18.1 Å².